The van der Waals surface area contributed by atoms with Gasteiger partial charge in [0.2, 0.25) is 0 Å². The molecule has 0 aliphatic carbocycles. The highest BCUT2D eigenvalue weighted by Crippen LogP contribution is 2.26. The highest BCUT2D eigenvalue weighted by Gasteiger charge is 2.19. The number of methoxy groups -OCH3 is 1. The molecule has 2 aromatic carbocycles. The molecule has 0 spiro atoms. The van der Waals surface area contributed by atoms with Gasteiger partial charge in [-0.15, -0.1) is 0 Å². The molecule has 1 saturated heterocycles. The van der Waals surface area contributed by atoms with E-state index in [1.807, 2.05) is 38.1 Å². The first-order valence-corrected chi connectivity index (χ1v) is 11.4. The molecule has 0 N–H and O–H groups in total. The molecule has 3 aromatic rings. The number of unbranched alkanes of at least 4 members (excludes halogenated alkanes) is 1. The van der Waals surface area contributed by atoms with Crippen LogP contribution in [-0.4, -0.2) is 40.7 Å². The fourth-order valence-corrected chi connectivity index (χ4v) is 4.73. The molecule has 1 aromatic heterocycles. The molecule has 1 fully saturated rings. The Morgan fingerprint density at radius 2 is 1.97 bits per heavy atom. The molecule has 5 heteroatoms. The highest BCUT2D eigenvalue weighted by molar-refractivity contribution is 5.79. The van der Waals surface area contributed by atoms with Crippen LogP contribution in [0.1, 0.15) is 49.6 Å². The van der Waals surface area contributed by atoms with Gasteiger partial charge in [0.1, 0.15) is 11.6 Å². The van der Waals surface area contributed by atoms with Crippen LogP contribution in [0.5, 0.6) is 5.75 Å². The van der Waals surface area contributed by atoms with Crippen molar-refractivity contribution in [3.05, 3.63) is 63.7 Å². The Morgan fingerprint density at radius 1 is 1.13 bits per heavy atom. The Labute approximate surface area is 184 Å². The van der Waals surface area contributed by atoms with Crippen LogP contribution in [0.25, 0.3) is 16.6 Å². The van der Waals surface area contributed by atoms with E-state index in [1.165, 1.54) is 37.9 Å². The number of benzene rings is 2. The minimum Gasteiger partial charge on any atom is -0.495 e. The molecule has 0 amide bonds. The van der Waals surface area contributed by atoms with Gasteiger partial charge in [-0.25, -0.2) is 4.98 Å². The molecular formula is C26H33N3O2. The molecule has 1 aliphatic rings. The maximum atomic E-state index is 13.3. The van der Waals surface area contributed by atoms with E-state index in [2.05, 4.69) is 28.9 Å². The number of aromatic nitrogens is 2. The number of fused-ring (bicyclic) bond motifs is 1. The lowest BCUT2D eigenvalue weighted by Crippen LogP contribution is -2.27. The van der Waals surface area contributed by atoms with Gasteiger partial charge in [-0.05, 0) is 95.8 Å². The molecule has 0 unspecified atom stereocenters. The van der Waals surface area contributed by atoms with Gasteiger partial charge in [0.25, 0.3) is 5.56 Å². The predicted octanol–water partition coefficient (Wildman–Crippen LogP) is 4.82. The van der Waals surface area contributed by atoms with Crippen molar-refractivity contribution in [3.63, 3.8) is 0 Å². The molecule has 2 heterocycles. The lowest BCUT2D eigenvalue weighted by Gasteiger charge is -2.20. The summed E-state index contributed by atoms with van der Waals surface area (Å²) in [6.07, 6.45) is 6.05. The molecule has 0 saturated carbocycles. The van der Waals surface area contributed by atoms with Gasteiger partial charge >= 0.3 is 0 Å². The maximum absolute atomic E-state index is 13.3. The first-order valence-electron chi connectivity index (χ1n) is 11.4. The van der Waals surface area contributed by atoms with Crippen molar-refractivity contribution in [2.45, 2.75) is 58.9 Å². The smallest absolute Gasteiger partial charge is 0.266 e. The molecule has 1 atom stereocenters. The van der Waals surface area contributed by atoms with Gasteiger partial charge in [-0.2, -0.15) is 0 Å². The molecular weight excluding hydrogens is 386 g/mol. The zero-order chi connectivity index (χ0) is 22.0. The molecule has 0 radical (unpaired) electrons. The quantitative estimate of drug-likeness (QED) is 0.515. The fraction of sp³-hybridized carbons (Fsp3) is 0.462. The Bertz CT molecular complexity index is 1140. The summed E-state index contributed by atoms with van der Waals surface area (Å²) in [4.78, 5) is 20.5. The predicted molar refractivity (Wildman–Crippen MR) is 127 cm³/mol. The summed E-state index contributed by atoms with van der Waals surface area (Å²) in [6, 6.07) is 12.7. The second kappa shape index (κ2) is 9.23. The average Bonchev–Trinajstić information content (AvgIpc) is 3.17. The minimum atomic E-state index is -0.0583. The van der Waals surface area contributed by atoms with Crippen molar-refractivity contribution in [1.82, 2.24) is 14.5 Å². The summed E-state index contributed by atoms with van der Waals surface area (Å²) in [5.41, 5.74) is 3.71. The molecule has 5 nitrogen and oxygen atoms in total. The van der Waals surface area contributed by atoms with Gasteiger partial charge in [0.05, 0.1) is 23.7 Å². The number of rotatable bonds is 7. The third-order valence-electron chi connectivity index (χ3n) is 6.53. The summed E-state index contributed by atoms with van der Waals surface area (Å²) in [5, 5.41) is 0.632. The van der Waals surface area contributed by atoms with Crippen LogP contribution in [0.15, 0.2) is 41.2 Å². The average molecular weight is 420 g/mol. The summed E-state index contributed by atoms with van der Waals surface area (Å²) < 4.78 is 7.36. The van der Waals surface area contributed by atoms with E-state index in [4.69, 9.17) is 4.74 Å². The van der Waals surface area contributed by atoms with Crippen molar-refractivity contribution >= 4 is 10.9 Å². The molecule has 1 aliphatic heterocycles. The minimum absolute atomic E-state index is 0.0583. The standard InChI is InChI=1S/C26H33N3O2/c1-18-10-12-23-22(16-18)26(30)29(20(3)27-23)24-13-11-21(17-25(24)31-4)9-5-6-14-28-15-7-8-19(28)2/h10-13,16-17,19H,5-9,14-15H2,1-4H3/t19-/m0/s1. The van der Waals surface area contributed by atoms with E-state index in [1.54, 1.807) is 11.7 Å². The molecule has 0 bridgehead atoms. The lowest BCUT2D eigenvalue weighted by atomic mass is 10.1. The van der Waals surface area contributed by atoms with Gasteiger partial charge in [0, 0.05) is 6.04 Å². The summed E-state index contributed by atoms with van der Waals surface area (Å²) in [5.74, 6) is 1.37. The Morgan fingerprint density at radius 3 is 2.71 bits per heavy atom. The largest absolute Gasteiger partial charge is 0.495 e. The van der Waals surface area contributed by atoms with E-state index in [9.17, 15) is 4.79 Å². The summed E-state index contributed by atoms with van der Waals surface area (Å²) >= 11 is 0. The molecule has 164 valence electrons. The Balaban J connectivity index is 1.55. The number of aryl methyl sites for hydroxylation is 3. The van der Waals surface area contributed by atoms with E-state index in [0.29, 0.717) is 17.0 Å². The highest BCUT2D eigenvalue weighted by atomic mass is 16.5. The lowest BCUT2D eigenvalue weighted by molar-refractivity contribution is 0.263. The maximum Gasteiger partial charge on any atom is 0.266 e. The van der Waals surface area contributed by atoms with Crippen molar-refractivity contribution in [2.24, 2.45) is 0 Å². The second-order valence-corrected chi connectivity index (χ2v) is 8.81. The third kappa shape index (κ3) is 4.52. The fourth-order valence-electron chi connectivity index (χ4n) is 4.73. The van der Waals surface area contributed by atoms with E-state index < -0.39 is 0 Å². The van der Waals surface area contributed by atoms with Crippen LogP contribution in [0.3, 0.4) is 0 Å². The first-order chi connectivity index (χ1) is 15.0. The van der Waals surface area contributed by atoms with Crippen LogP contribution < -0.4 is 10.3 Å². The van der Waals surface area contributed by atoms with Crippen molar-refractivity contribution in [3.8, 4) is 11.4 Å². The summed E-state index contributed by atoms with van der Waals surface area (Å²) in [6.45, 7) is 8.63. The van der Waals surface area contributed by atoms with Crippen LogP contribution in [0.2, 0.25) is 0 Å². The number of hydrogen-bond donors (Lipinski definition) is 0. The van der Waals surface area contributed by atoms with Crippen LogP contribution >= 0.6 is 0 Å². The molecule has 31 heavy (non-hydrogen) atoms. The van der Waals surface area contributed by atoms with E-state index in [-0.39, 0.29) is 5.56 Å². The zero-order valence-electron chi connectivity index (χ0n) is 19.1. The van der Waals surface area contributed by atoms with Crippen molar-refractivity contribution < 1.29 is 4.74 Å². The number of hydrogen-bond acceptors (Lipinski definition) is 4. The first kappa shape index (κ1) is 21.6. The monoisotopic (exact) mass is 419 g/mol. The molecule has 4 rings (SSSR count). The van der Waals surface area contributed by atoms with Crippen molar-refractivity contribution in [1.29, 1.82) is 0 Å². The topological polar surface area (TPSA) is 47.4 Å². The van der Waals surface area contributed by atoms with Crippen molar-refractivity contribution in [2.75, 3.05) is 20.2 Å². The van der Waals surface area contributed by atoms with E-state index in [0.717, 1.165) is 35.7 Å². The van der Waals surface area contributed by atoms with Gasteiger partial charge in [-0.3, -0.25) is 9.36 Å². The van der Waals surface area contributed by atoms with Gasteiger partial charge < -0.3 is 9.64 Å². The van der Waals surface area contributed by atoms with E-state index >= 15 is 0 Å². The van der Waals surface area contributed by atoms with Crippen LogP contribution in [-0.2, 0) is 6.42 Å². The van der Waals surface area contributed by atoms with Crippen LogP contribution in [0.4, 0.5) is 0 Å². The summed E-state index contributed by atoms with van der Waals surface area (Å²) in [7, 11) is 1.66. The SMILES string of the molecule is COc1cc(CCCCN2CCC[C@@H]2C)ccc1-n1c(C)nc2ccc(C)cc2c1=O. The number of nitrogens with zero attached hydrogens (tertiary/aromatic N) is 3. The second-order valence-electron chi connectivity index (χ2n) is 8.81. The third-order valence-corrected chi connectivity index (χ3v) is 6.53. The number of ether oxygens (including phenoxy) is 1. The zero-order valence-corrected chi connectivity index (χ0v) is 19.1. The Hall–Kier alpha value is -2.66. The Kier molecular flexibility index (Phi) is 6.42. The van der Waals surface area contributed by atoms with Gasteiger partial charge in [0.15, 0.2) is 0 Å². The normalized spacial score (nSPS) is 16.8. The number of likely N-dealkylation sites (tertiary alicyclic amines) is 1. The van der Waals surface area contributed by atoms with Crippen LogP contribution in [0, 0.1) is 13.8 Å². The van der Waals surface area contributed by atoms with Gasteiger partial charge in [-0.1, -0.05) is 17.7 Å².